The molecule has 0 unspecified atom stereocenters. The molecule has 23 heavy (non-hydrogen) atoms. The Kier molecular flexibility index (Phi) is 3.14. The van der Waals surface area contributed by atoms with Gasteiger partial charge in [-0.05, 0) is 23.1 Å². The van der Waals surface area contributed by atoms with E-state index in [0.717, 1.165) is 18.5 Å². The number of ether oxygens (including phenoxy) is 2. The zero-order valence-corrected chi connectivity index (χ0v) is 12.5. The third-order valence-electron chi connectivity index (χ3n) is 4.35. The number of epoxide rings is 1. The smallest absolute Gasteiger partial charge is 0.376 e. The number of allylic oxidation sites excluding steroid dienone is 3. The average Bonchev–Trinajstić information content (AvgIpc) is 2.92. The van der Waals surface area contributed by atoms with Crippen LogP contribution >= 0.6 is 0 Å². The van der Waals surface area contributed by atoms with E-state index in [9.17, 15) is 9.90 Å². The monoisotopic (exact) mass is 311 g/mol. The van der Waals surface area contributed by atoms with Crippen LogP contribution in [0.2, 0.25) is 0 Å². The summed E-state index contributed by atoms with van der Waals surface area (Å²) in [6, 6.07) is 9.45. The number of hydrogen-bond donors (Lipinski definition) is 2. The van der Waals surface area contributed by atoms with Gasteiger partial charge < -0.3 is 15.2 Å². The zero-order chi connectivity index (χ0) is 15.9. The lowest BCUT2D eigenvalue weighted by molar-refractivity contribution is -0.197. The summed E-state index contributed by atoms with van der Waals surface area (Å²) < 4.78 is 9.70. The van der Waals surface area contributed by atoms with E-state index in [1.807, 2.05) is 30.3 Å². The second kappa shape index (κ2) is 5.08. The first-order valence-corrected chi connectivity index (χ1v) is 7.61. The Bertz CT molecular complexity index is 737. The van der Waals surface area contributed by atoms with Gasteiger partial charge in [-0.3, -0.25) is 4.74 Å². The number of benzene rings is 1. The fourth-order valence-electron chi connectivity index (χ4n) is 2.95. The van der Waals surface area contributed by atoms with Gasteiger partial charge in [0.15, 0.2) is 0 Å². The molecule has 0 radical (unpaired) electrons. The normalized spacial score (nSPS) is 32.0. The summed E-state index contributed by atoms with van der Waals surface area (Å²) in [4.78, 5) is 10.8. The number of nitrogens with one attached hydrogen (secondary N) is 1. The van der Waals surface area contributed by atoms with Crippen LogP contribution in [0.5, 0.6) is 0 Å². The van der Waals surface area contributed by atoms with Gasteiger partial charge in [0.05, 0.1) is 0 Å². The van der Waals surface area contributed by atoms with Crippen molar-refractivity contribution in [2.45, 2.75) is 24.4 Å². The van der Waals surface area contributed by atoms with Crippen LogP contribution in [-0.4, -0.2) is 29.2 Å². The molecule has 118 valence electrons. The summed E-state index contributed by atoms with van der Waals surface area (Å²) >= 11 is 0. The first kappa shape index (κ1) is 14.2. The Labute approximate surface area is 133 Å². The predicted molar refractivity (Wildman–Crippen MR) is 82.9 cm³/mol. The van der Waals surface area contributed by atoms with Gasteiger partial charge in [0.2, 0.25) is 0 Å². The summed E-state index contributed by atoms with van der Waals surface area (Å²) in [6.07, 6.45) is 10.1. The highest BCUT2D eigenvalue weighted by atomic mass is 16.9. The highest BCUT2D eigenvalue weighted by molar-refractivity contribution is 5.89. The molecule has 0 bridgehead atoms. The van der Waals surface area contributed by atoms with Crippen molar-refractivity contribution in [2.24, 2.45) is 0 Å². The van der Waals surface area contributed by atoms with Gasteiger partial charge in [-0.2, -0.15) is 0 Å². The van der Waals surface area contributed by atoms with Crippen LogP contribution in [0.15, 0.2) is 65.9 Å². The lowest BCUT2D eigenvalue weighted by Crippen LogP contribution is -2.51. The van der Waals surface area contributed by atoms with Crippen LogP contribution in [-0.2, 0) is 20.7 Å². The third kappa shape index (κ3) is 2.29. The van der Waals surface area contributed by atoms with Crippen LogP contribution in [0.25, 0.3) is 0 Å². The molecular formula is C18H17NO4. The molecule has 0 amide bonds. The van der Waals surface area contributed by atoms with Crippen molar-refractivity contribution < 1.29 is 19.4 Å². The molecule has 0 spiro atoms. The Balaban J connectivity index is 0.000000130. The maximum Gasteiger partial charge on any atom is 0.376 e. The molecule has 2 N–H and O–H groups in total. The first-order chi connectivity index (χ1) is 11.1. The average molecular weight is 311 g/mol. The highest BCUT2D eigenvalue weighted by Crippen LogP contribution is 2.58. The molecule has 5 rings (SSSR count). The minimum Gasteiger partial charge on any atom is -0.422 e. The Morgan fingerprint density at radius 3 is 2.70 bits per heavy atom. The number of aliphatic hydroxyl groups is 1. The molecule has 1 aromatic rings. The van der Waals surface area contributed by atoms with Gasteiger partial charge in [0, 0.05) is 19.2 Å². The van der Waals surface area contributed by atoms with Gasteiger partial charge in [-0.15, -0.1) is 0 Å². The van der Waals surface area contributed by atoms with Gasteiger partial charge >= 0.3 is 11.8 Å². The second-order valence-corrected chi connectivity index (χ2v) is 5.93. The summed E-state index contributed by atoms with van der Waals surface area (Å²) in [6.45, 7) is 1.03. The molecule has 1 aromatic carbocycles. The van der Waals surface area contributed by atoms with Crippen LogP contribution < -0.4 is 5.32 Å². The lowest BCUT2D eigenvalue weighted by atomic mass is 10.0. The van der Waals surface area contributed by atoms with Crippen molar-refractivity contribution in [1.82, 2.24) is 5.32 Å². The largest absolute Gasteiger partial charge is 0.422 e. The molecular weight excluding hydrogens is 294 g/mol. The van der Waals surface area contributed by atoms with Gasteiger partial charge in [-0.25, -0.2) is 4.79 Å². The number of esters is 1. The quantitative estimate of drug-likeness (QED) is 0.641. The molecule has 2 fully saturated rings. The van der Waals surface area contributed by atoms with E-state index >= 15 is 0 Å². The van der Waals surface area contributed by atoms with Crippen molar-refractivity contribution in [2.75, 3.05) is 6.54 Å². The van der Waals surface area contributed by atoms with E-state index in [-0.39, 0.29) is 0 Å². The molecule has 5 nitrogen and oxygen atoms in total. The van der Waals surface area contributed by atoms with Crippen LogP contribution in [0.1, 0.15) is 12.0 Å². The SMILES string of the molecule is C1=CCC2=CNCC2=C1.O=C1O[C@]2(Cc3ccccc3)O[C@]12O. The van der Waals surface area contributed by atoms with Crippen LogP contribution in [0, 0.1) is 0 Å². The minimum absolute atomic E-state index is 0.399. The third-order valence-corrected chi connectivity index (χ3v) is 4.35. The first-order valence-electron chi connectivity index (χ1n) is 7.61. The predicted octanol–water partition coefficient (Wildman–Crippen LogP) is 1.56. The van der Waals surface area contributed by atoms with E-state index in [4.69, 9.17) is 9.47 Å². The summed E-state index contributed by atoms with van der Waals surface area (Å²) in [5.41, 5.74) is 3.88. The van der Waals surface area contributed by atoms with Gasteiger partial charge in [-0.1, -0.05) is 48.6 Å². The van der Waals surface area contributed by atoms with E-state index in [1.54, 1.807) is 0 Å². The molecule has 1 aliphatic carbocycles. The van der Waals surface area contributed by atoms with E-state index in [2.05, 4.69) is 29.7 Å². The van der Waals surface area contributed by atoms with E-state index < -0.39 is 17.5 Å². The maximum atomic E-state index is 10.8. The molecule has 4 aliphatic rings. The number of rotatable bonds is 2. The van der Waals surface area contributed by atoms with Crippen molar-refractivity contribution in [3.05, 3.63) is 71.5 Å². The van der Waals surface area contributed by atoms with Gasteiger partial charge in [0.1, 0.15) is 0 Å². The lowest BCUT2D eigenvalue weighted by Gasteiger charge is -2.23. The molecule has 2 atom stereocenters. The number of fused-ring (bicyclic) bond motifs is 2. The molecule has 2 saturated heterocycles. The molecule has 0 aromatic heterocycles. The molecule has 3 aliphatic heterocycles. The van der Waals surface area contributed by atoms with Crippen molar-refractivity contribution in [3.8, 4) is 0 Å². The Morgan fingerprint density at radius 2 is 2.04 bits per heavy atom. The Hall–Kier alpha value is -2.37. The number of carbonyl (C=O) groups is 1. The molecule has 3 heterocycles. The zero-order valence-electron chi connectivity index (χ0n) is 12.5. The van der Waals surface area contributed by atoms with Gasteiger partial charge in [0.25, 0.3) is 5.79 Å². The number of carbonyl (C=O) groups excluding carboxylic acids is 1. The fraction of sp³-hybridized carbons (Fsp3) is 0.278. The second-order valence-electron chi connectivity index (χ2n) is 5.93. The molecule has 0 saturated carbocycles. The van der Waals surface area contributed by atoms with Crippen molar-refractivity contribution in [1.29, 1.82) is 0 Å². The summed E-state index contributed by atoms with van der Waals surface area (Å²) in [5.74, 6) is -3.44. The maximum absolute atomic E-state index is 10.8. The fourth-order valence-corrected chi connectivity index (χ4v) is 2.95. The van der Waals surface area contributed by atoms with Crippen LogP contribution in [0.4, 0.5) is 0 Å². The van der Waals surface area contributed by atoms with Crippen LogP contribution in [0.3, 0.4) is 0 Å². The molecule has 5 heteroatoms. The summed E-state index contributed by atoms with van der Waals surface area (Å²) in [7, 11) is 0. The number of hydrogen-bond acceptors (Lipinski definition) is 5. The van der Waals surface area contributed by atoms with Crippen molar-refractivity contribution in [3.63, 3.8) is 0 Å². The summed E-state index contributed by atoms with van der Waals surface area (Å²) in [5, 5.41) is 12.7. The highest BCUT2D eigenvalue weighted by Gasteiger charge is 2.88. The van der Waals surface area contributed by atoms with E-state index in [1.165, 1.54) is 11.1 Å². The standard InChI is InChI=1S/C10H8O4.C8H9N/c11-8-10(12)9(13-8,14-10)6-7-4-2-1-3-5-7;1-2-4-8-6-9-5-7(8)3-1/h1-5,12H,6H2;1-3,6,9H,4-5H2/t9-,10-;/m1./s1. The topological polar surface area (TPSA) is 71.1 Å². The Morgan fingerprint density at radius 1 is 1.22 bits per heavy atom. The van der Waals surface area contributed by atoms with Crippen molar-refractivity contribution >= 4 is 5.97 Å². The minimum atomic E-state index is -1.66. The van der Waals surface area contributed by atoms with E-state index in [0.29, 0.717) is 6.42 Å².